The van der Waals surface area contributed by atoms with Crippen LogP contribution in [0.15, 0.2) is 18.2 Å². The highest BCUT2D eigenvalue weighted by Crippen LogP contribution is 2.37. The monoisotopic (exact) mass is 219 g/mol. The fourth-order valence-electron chi connectivity index (χ4n) is 1.96. The van der Waals surface area contributed by atoms with Crippen LogP contribution in [0.5, 0.6) is 5.75 Å². The fourth-order valence-corrected chi connectivity index (χ4v) is 1.96. The van der Waals surface area contributed by atoms with E-state index in [1.807, 2.05) is 18.2 Å². The largest absolute Gasteiger partial charge is 0.476 e. The van der Waals surface area contributed by atoms with Crippen LogP contribution in [0.2, 0.25) is 0 Å². The summed E-state index contributed by atoms with van der Waals surface area (Å²) in [6.07, 6.45) is 0.957. The highest BCUT2D eigenvalue weighted by molar-refractivity contribution is 6.01. The Morgan fingerprint density at radius 3 is 2.69 bits per heavy atom. The lowest BCUT2D eigenvalue weighted by atomic mass is 10.0. The number of hydrogen-bond donors (Lipinski definition) is 0. The van der Waals surface area contributed by atoms with Crippen molar-refractivity contribution in [2.24, 2.45) is 0 Å². The molecule has 1 aliphatic heterocycles. The summed E-state index contributed by atoms with van der Waals surface area (Å²) in [5.41, 5.74) is 1.31. The van der Waals surface area contributed by atoms with E-state index >= 15 is 0 Å². The number of aryl methyl sites for hydroxylation is 1. The van der Waals surface area contributed by atoms with Crippen molar-refractivity contribution < 1.29 is 9.53 Å². The maximum absolute atomic E-state index is 12.0. The fraction of sp³-hybridized carbons (Fsp3) is 0.462. The van der Waals surface area contributed by atoms with Crippen LogP contribution < -0.4 is 9.64 Å². The molecule has 16 heavy (non-hydrogen) atoms. The molecule has 0 N–H and O–H groups in total. The number of carbonyl (C=O) groups is 1. The van der Waals surface area contributed by atoms with E-state index in [0.717, 1.165) is 17.9 Å². The first-order chi connectivity index (χ1) is 7.45. The third-order valence-electron chi connectivity index (χ3n) is 2.98. The summed E-state index contributed by atoms with van der Waals surface area (Å²) >= 11 is 0. The first-order valence-electron chi connectivity index (χ1n) is 5.56. The minimum Gasteiger partial charge on any atom is -0.476 e. The van der Waals surface area contributed by atoms with Gasteiger partial charge in [0.25, 0.3) is 5.91 Å². The molecular weight excluding hydrogens is 202 g/mol. The van der Waals surface area contributed by atoms with Crippen molar-refractivity contribution >= 4 is 11.6 Å². The molecule has 0 fully saturated rings. The number of carbonyl (C=O) groups excluding carboxylic acids is 1. The first-order valence-corrected chi connectivity index (χ1v) is 5.56. The Morgan fingerprint density at radius 1 is 1.38 bits per heavy atom. The molecule has 0 aromatic heterocycles. The molecular formula is C13H17NO2. The predicted octanol–water partition coefficient (Wildman–Crippen LogP) is 2.38. The Labute approximate surface area is 96.0 Å². The molecule has 1 aliphatic rings. The summed E-state index contributed by atoms with van der Waals surface area (Å²) in [6, 6.07) is 6.00. The summed E-state index contributed by atoms with van der Waals surface area (Å²) in [5, 5.41) is 0. The summed E-state index contributed by atoms with van der Waals surface area (Å²) < 4.78 is 5.71. The lowest BCUT2D eigenvalue weighted by molar-refractivity contribution is -0.132. The van der Waals surface area contributed by atoms with Gasteiger partial charge in [0.1, 0.15) is 5.75 Å². The van der Waals surface area contributed by atoms with Crippen molar-refractivity contribution in [1.82, 2.24) is 0 Å². The van der Waals surface area contributed by atoms with Gasteiger partial charge in [-0.05, 0) is 38.0 Å². The second-order valence-electron chi connectivity index (χ2n) is 4.63. The Morgan fingerprint density at radius 2 is 2.06 bits per heavy atom. The van der Waals surface area contributed by atoms with E-state index in [1.165, 1.54) is 5.56 Å². The van der Waals surface area contributed by atoms with Gasteiger partial charge in [-0.15, -0.1) is 0 Å². The van der Waals surface area contributed by atoms with Crippen LogP contribution in [0.3, 0.4) is 0 Å². The van der Waals surface area contributed by atoms with Gasteiger partial charge < -0.3 is 9.64 Å². The molecule has 0 atom stereocenters. The summed E-state index contributed by atoms with van der Waals surface area (Å²) in [7, 11) is 1.80. The number of likely N-dealkylation sites (N-methyl/N-ethyl adjacent to an activating group) is 1. The number of anilines is 1. The van der Waals surface area contributed by atoms with Crippen LogP contribution in [0.4, 0.5) is 5.69 Å². The zero-order chi connectivity index (χ0) is 11.9. The van der Waals surface area contributed by atoms with E-state index in [-0.39, 0.29) is 5.91 Å². The van der Waals surface area contributed by atoms with E-state index in [1.54, 1.807) is 25.8 Å². The molecule has 0 saturated heterocycles. The van der Waals surface area contributed by atoms with E-state index in [4.69, 9.17) is 4.74 Å². The second kappa shape index (κ2) is 3.51. The smallest absolute Gasteiger partial charge is 0.270 e. The highest BCUT2D eigenvalue weighted by Gasteiger charge is 2.39. The average Bonchev–Trinajstić information content (AvgIpc) is 2.25. The van der Waals surface area contributed by atoms with Gasteiger partial charge in [-0.1, -0.05) is 13.0 Å². The molecule has 2 rings (SSSR count). The quantitative estimate of drug-likeness (QED) is 0.725. The molecule has 1 amide bonds. The number of benzene rings is 1. The van der Waals surface area contributed by atoms with Gasteiger partial charge >= 0.3 is 0 Å². The van der Waals surface area contributed by atoms with E-state index in [0.29, 0.717) is 0 Å². The molecule has 0 spiro atoms. The maximum atomic E-state index is 12.0. The maximum Gasteiger partial charge on any atom is 0.270 e. The Hall–Kier alpha value is -1.51. The Kier molecular flexibility index (Phi) is 2.41. The molecule has 1 heterocycles. The number of ether oxygens (including phenoxy) is 1. The van der Waals surface area contributed by atoms with Crippen LogP contribution in [-0.4, -0.2) is 18.6 Å². The van der Waals surface area contributed by atoms with Crippen LogP contribution in [0, 0.1) is 0 Å². The zero-order valence-electron chi connectivity index (χ0n) is 10.2. The minimum absolute atomic E-state index is 0.00625. The molecule has 0 radical (unpaired) electrons. The topological polar surface area (TPSA) is 29.5 Å². The van der Waals surface area contributed by atoms with Crippen molar-refractivity contribution in [2.75, 3.05) is 11.9 Å². The van der Waals surface area contributed by atoms with E-state index in [2.05, 4.69) is 6.92 Å². The first kappa shape index (κ1) is 11.0. The third kappa shape index (κ3) is 1.56. The van der Waals surface area contributed by atoms with E-state index < -0.39 is 5.60 Å². The Balaban J connectivity index is 2.51. The molecule has 0 unspecified atom stereocenters. The number of amides is 1. The van der Waals surface area contributed by atoms with Gasteiger partial charge in [0.05, 0.1) is 5.69 Å². The highest BCUT2D eigenvalue weighted by atomic mass is 16.5. The van der Waals surface area contributed by atoms with Crippen molar-refractivity contribution in [3.63, 3.8) is 0 Å². The van der Waals surface area contributed by atoms with E-state index in [9.17, 15) is 4.79 Å². The second-order valence-corrected chi connectivity index (χ2v) is 4.63. The summed E-state index contributed by atoms with van der Waals surface area (Å²) in [6.45, 7) is 5.68. The van der Waals surface area contributed by atoms with Crippen molar-refractivity contribution in [3.8, 4) is 5.75 Å². The third-order valence-corrected chi connectivity index (χ3v) is 2.98. The Bertz CT molecular complexity index is 438. The van der Waals surface area contributed by atoms with Gasteiger partial charge in [0.15, 0.2) is 5.60 Å². The normalized spacial score (nSPS) is 18.0. The number of hydrogen-bond acceptors (Lipinski definition) is 2. The molecule has 0 saturated carbocycles. The van der Waals surface area contributed by atoms with Gasteiger partial charge in [-0.3, -0.25) is 4.79 Å². The number of nitrogens with zero attached hydrogens (tertiary/aromatic N) is 1. The predicted molar refractivity (Wildman–Crippen MR) is 63.9 cm³/mol. The lowest BCUT2D eigenvalue weighted by Gasteiger charge is -2.37. The molecule has 1 aromatic rings. The molecule has 0 aliphatic carbocycles. The SMILES string of the molecule is CCc1ccc2c(c1)N(C)C(=O)C(C)(C)O2. The number of fused-ring (bicyclic) bond motifs is 1. The lowest BCUT2D eigenvalue weighted by Crippen LogP contribution is -2.50. The van der Waals surface area contributed by atoms with Crippen molar-refractivity contribution in [1.29, 1.82) is 0 Å². The molecule has 1 aromatic carbocycles. The zero-order valence-corrected chi connectivity index (χ0v) is 10.2. The van der Waals surface area contributed by atoms with Crippen molar-refractivity contribution in [3.05, 3.63) is 23.8 Å². The van der Waals surface area contributed by atoms with Crippen molar-refractivity contribution in [2.45, 2.75) is 32.8 Å². The van der Waals surface area contributed by atoms with Gasteiger partial charge in [-0.25, -0.2) is 0 Å². The van der Waals surface area contributed by atoms with Crippen LogP contribution in [0.25, 0.3) is 0 Å². The van der Waals surface area contributed by atoms with Gasteiger partial charge in [0.2, 0.25) is 0 Å². The molecule has 0 bridgehead atoms. The molecule has 3 nitrogen and oxygen atoms in total. The molecule has 3 heteroatoms. The van der Waals surface area contributed by atoms with Crippen LogP contribution >= 0.6 is 0 Å². The minimum atomic E-state index is -0.768. The summed E-state index contributed by atoms with van der Waals surface area (Å²) in [5.74, 6) is 0.776. The average molecular weight is 219 g/mol. The van der Waals surface area contributed by atoms with Crippen LogP contribution in [-0.2, 0) is 11.2 Å². The van der Waals surface area contributed by atoms with Gasteiger partial charge in [0, 0.05) is 7.05 Å². The summed E-state index contributed by atoms with van der Waals surface area (Å²) in [4.78, 5) is 13.7. The van der Waals surface area contributed by atoms with Gasteiger partial charge in [-0.2, -0.15) is 0 Å². The standard InChI is InChI=1S/C13H17NO2/c1-5-9-6-7-11-10(8-9)14(4)12(15)13(2,3)16-11/h6-8H,5H2,1-4H3. The number of rotatable bonds is 1. The van der Waals surface area contributed by atoms with Crippen LogP contribution in [0.1, 0.15) is 26.3 Å². The molecule has 86 valence electrons.